The molecule has 0 atom stereocenters. The van der Waals surface area contributed by atoms with E-state index in [-0.39, 0.29) is 0 Å². The average Bonchev–Trinajstić information content (AvgIpc) is 2.48. The van der Waals surface area contributed by atoms with Gasteiger partial charge in [0, 0.05) is 4.47 Å². The topological polar surface area (TPSA) is 0 Å². The summed E-state index contributed by atoms with van der Waals surface area (Å²) in [5.41, 5.74) is 1.52. The van der Waals surface area contributed by atoms with Crippen molar-refractivity contribution in [3.05, 3.63) is 59.1 Å². The van der Waals surface area contributed by atoms with Crippen molar-refractivity contribution >= 4 is 26.7 Å². The molecule has 1 aliphatic rings. The predicted molar refractivity (Wildman–Crippen MR) is 91.2 cm³/mol. The molecule has 0 spiro atoms. The SMILES string of the molecule is C=CC[C@H]1CC[C@H](c2ccc3cc(Br)ccc3c2)CC1. The summed E-state index contributed by atoms with van der Waals surface area (Å²) in [4.78, 5) is 0. The molecule has 1 aliphatic carbocycles. The fourth-order valence-electron chi connectivity index (χ4n) is 3.46. The molecule has 1 saturated carbocycles. The predicted octanol–water partition coefficient (Wildman–Crippen LogP) is 6.45. The Labute approximate surface area is 130 Å². The van der Waals surface area contributed by atoms with Crippen molar-refractivity contribution in [1.29, 1.82) is 0 Å². The van der Waals surface area contributed by atoms with E-state index in [1.165, 1.54) is 48.4 Å². The third kappa shape index (κ3) is 2.98. The van der Waals surface area contributed by atoms with E-state index in [9.17, 15) is 0 Å². The van der Waals surface area contributed by atoms with Gasteiger partial charge in [0.1, 0.15) is 0 Å². The van der Waals surface area contributed by atoms with Gasteiger partial charge in [0.25, 0.3) is 0 Å². The number of allylic oxidation sites excluding steroid dienone is 1. The van der Waals surface area contributed by atoms with Gasteiger partial charge in [-0.1, -0.05) is 46.3 Å². The summed E-state index contributed by atoms with van der Waals surface area (Å²) >= 11 is 3.54. The van der Waals surface area contributed by atoms with Gasteiger partial charge in [-0.3, -0.25) is 0 Å². The van der Waals surface area contributed by atoms with Crippen LogP contribution < -0.4 is 0 Å². The maximum atomic E-state index is 3.87. The van der Waals surface area contributed by atoms with Crippen molar-refractivity contribution in [1.82, 2.24) is 0 Å². The van der Waals surface area contributed by atoms with Crippen LogP contribution in [0.4, 0.5) is 0 Å². The van der Waals surface area contributed by atoms with Crippen LogP contribution >= 0.6 is 15.9 Å². The molecule has 1 heteroatoms. The molecule has 104 valence electrons. The van der Waals surface area contributed by atoms with E-state index >= 15 is 0 Å². The number of fused-ring (bicyclic) bond motifs is 1. The normalized spacial score (nSPS) is 22.9. The van der Waals surface area contributed by atoms with Crippen molar-refractivity contribution in [3.8, 4) is 0 Å². The smallest absolute Gasteiger partial charge is 0.0181 e. The molecule has 1 fully saturated rings. The van der Waals surface area contributed by atoms with Crippen LogP contribution in [0, 0.1) is 5.92 Å². The molecule has 0 N–H and O–H groups in total. The highest BCUT2D eigenvalue weighted by molar-refractivity contribution is 9.10. The van der Waals surface area contributed by atoms with Gasteiger partial charge in [0.2, 0.25) is 0 Å². The van der Waals surface area contributed by atoms with Crippen molar-refractivity contribution < 1.29 is 0 Å². The Kier molecular flexibility index (Phi) is 4.26. The van der Waals surface area contributed by atoms with Gasteiger partial charge in [-0.15, -0.1) is 6.58 Å². The van der Waals surface area contributed by atoms with Gasteiger partial charge in [0.15, 0.2) is 0 Å². The van der Waals surface area contributed by atoms with Crippen LogP contribution in [0.1, 0.15) is 43.6 Å². The van der Waals surface area contributed by atoms with Crippen molar-refractivity contribution in [2.45, 2.75) is 38.0 Å². The van der Waals surface area contributed by atoms with Crippen LogP contribution in [0.15, 0.2) is 53.5 Å². The number of halogens is 1. The molecule has 0 aliphatic heterocycles. The van der Waals surface area contributed by atoms with E-state index in [0.29, 0.717) is 0 Å². The zero-order chi connectivity index (χ0) is 13.9. The Morgan fingerprint density at radius 2 is 1.70 bits per heavy atom. The van der Waals surface area contributed by atoms with Crippen LogP contribution in [0.2, 0.25) is 0 Å². The van der Waals surface area contributed by atoms with Gasteiger partial charge in [0.05, 0.1) is 0 Å². The van der Waals surface area contributed by atoms with E-state index in [0.717, 1.165) is 16.3 Å². The fourth-order valence-corrected chi connectivity index (χ4v) is 3.83. The summed E-state index contributed by atoms with van der Waals surface area (Å²) < 4.78 is 1.16. The second kappa shape index (κ2) is 6.13. The highest BCUT2D eigenvalue weighted by Crippen LogP contribution is 2.38. The largest absolute Gasteiger partial charge is 0.103 e. The number of benzene rings is 2. The van der Waals surface area contributed by atoms with E-state index in [2.05, 4.69) is 65.0 Å². The van der Waals surface area contributed by atoms with Crippen LogP contribution in [0.25, 0.3) is 10.8 Å². The molecule has 2 aromatic rings. The van der Waals surface area contributed by atoms with Gasteiger partial charge < -0.3 is 0 Å². The third-order valence-corrected chi connectivity index (χ3v) is 5.14. The molecule has 3 rings (SSSR count). The lowest BCUT2D eigenvalue weighted by atomic mass is 9.77. The lowest BCUT2D eigenvalue weighted by Crippen LogP contribution is -2.12. The van der Waals surface area contributed by atoms with E-state index in [1.807, 2.05) is 0 Å². The van der Waals surface area contributed by atoms with E-state index in [4.69, 9.17) is 0 Å². The molecule has 20 heavy (non-hydrogen) atoms. The van der Waals surface area contributed by atoms with Gasteiger partial charge >= 0.3 is 0 Å². The summed E-state index contributed by atoms with van der Waals surface area (Å²) in [5.74, 6) is 1.63. The monoisotopic (exact) mass is 328 g/mol. The Morgan fingerprint density at radius 3 is 2.45 bits per heavy atom. The molecule has 0 amide bonds. The Hall–Kier alpha value is -1.08. The Bertz CT molecular complexity index is 606. The lowest BCUT2D eigenvalue weighted by Gasteiger charge is -2.28. The van der Waals surface area contributed by atoms with Gasteiger partial charge in [-0.2, -0.15) is 0 Å². The molecule has 0 heterocycles. The average molecular weight is 329 g/mol. The quantitative estimate of drug-likeness (QED) is 0.567. The molecule has 0 unspecified atom stereocenters. The number of hydrogen-bond acceptors (Lipinski definition) is 0. The Balaban J connectivity index is 1.78. The summed E-state index contributed by atoms with van der Waals surface area (Å²) in [7, 11) is 0. The molecule has 0 bridgehead atoms. The zero-order valence-corrected chi connectivity index (χ0v) is 13.4. The first-order valence-corrected chi connectivity index (χ1v) is 8.35. The summed E-state index contributed by atoms with van der Waals surface area (Å²) in [6.07, 6.45) is 8.66. The molecule has 0 saturated heterocycles. The minimum atomic E-state index is 0.754. The molecule has 2 aromatic carbocycles. The van der Waals surface area contributed by atoms with Crippen molar-refractivity contribution in [2.75, 3.05) is 0 Å². The standard InChI is InChI=1S/C19H21Br/c1-2-3-14-4-6-15(7-5-14)16-8-9-18-13-19(20)11-10-17(18)12-16/h2,8-15H,1,3-7H2/t14-,15-. The van der Waals surface area contributed by atoms with E-state index < -0.39 is 0 Å². The second-order valence-corrected chi connectivity index (χ2v) is 6.91. The Morgan fingerprint density at radius 1 is 1.00 bits per heavy atom. The summed E-state index contributed by atoms with van der Waals surface area (Å²) in [6.45, 7) is 3.87. The summed E-state index contributed by atoms with van der Waals surface area (Å²) in [5, 5.41) is 2.68. The maximum absolute atomic E-state index is 3.87. The first kappa shape index (κ1) is 13.9. The van der Waals surface area contributed by atoms with Gasteiger partial charge in [-0.25, -0.2) is 0 Å². The van der Waals surface area contributed by atoms with Gasteiger partial charge in [-0.05, 0) is 72.4 Å². The van der Waals surface area contributed by atoms with Crippen LogP contribution in [0.3, 0.4) is 0 Å². The van der Waals surface area contributed by atoms with Crippen molar-refractivity contribution in [2.24, 2.45) is 5.92 Å². The highest BCUT2D eigenvalue weighted by atomic mass is 79.9. The summed E-state index contributed by atoms with van der Waals surface area (Å²) in [6, 6.07) is 13.5. The number of hydrogen-bond donors (Lipinski definition) is 0. The first-order valence-electron chi connectivity index (χ1n) is 7.56. The molecule has 0 radical (unpaired) electrons. The van der Waals surface area contributed by atoms with Crippen molar-refractivity contribution in [3.63, 3.8) is 0 Å². The molecule has 0 nitrogen and oxygen atoms in total. The maximum Gasteiger partial charge on any atom is 0.0181 e. The minimum Gasteiger partial charge on any atom is -0.103 e. The minimum absolute atomic E-state index is 0.754. The second-order valence-electron chi connectivity index (χ2n) is 5.99. The van der Waals surface area contributed by atoms with Crippen LogP contribution in [-0.4, -0.2) is 0 Å². The van der Waals surface area contributed by atoms with E-state index in [1.54, 1.807) is 0 Å². The molecule has 0 aromatic heterocycles. The highest BCUT2D eigenvalue weighted by Gasteiger charge is 2.21. The fraction of sp³-hybridized carbons (Fsp3) is 0.368. The third-order valence-electron chi connectivity index (χ3n) is 4.64. The first-order chi connectivity index (χ1) is 9.76. The molecular formula is C19H21Br. The van der Waals surface area contributed by atoms with Crippen LogP contribution in [0.5, 0.6) is 0 Å². The zero-order valence-electron chi connectivity index (χ0n) is 11.8. The van der Waals surface area contributed by atoms with Crippen LogP contribution in [-0.2, 0) is 0 Å². The lowest BCUT2D eigenvalue weighted by molar-refractivity contribution is 0.328. The molecular weight excluding hydrogens is 308 g/mol. The number of rotatable bonds is 3.